The van der Waals surface area contributed by atoms with Crippen molar-refractivity contribution in [1.82, 2.24) is 15.0 Å². The minimum atomic E-state index is 0.689. The van der Waals surface area contributed by atoms with E-state index in [9.17, 15) is 0 Å². The molecule has 0 radical (unpaired) electrons. The molecule has 1 saturated heterocycles. The monoisotopic (exact) mass is 389 g/mol. The number of nitrogens with one attached hydrogen (secondary N) is 1. The minimum absolute atomic E-state index is 0.689. The highest BCUT2D eigenvalue weighted by Gasteiger charge is 2.18. The van der Waals surface area contributed by atoms with Crippen molar-refractivity contribution in [3.8, 4) is 11.4 Å². The van der Waals surface area contributed by atoms with Gasteiger partial charge < -0.3 is 14.8 Å². The SMILES string of the molecule is Clc1ccc2[nH]c(-c3ccc(N4CCN(c5ccccc5)CC4)nc3)nc2c1. The number of pyridine rings is 1. The molecule has 140 valence electrons. The quantitative estimate of drug-likeness (QED) is 0.556. The van der Waals surface area contributed by atoms with Crippen LogP contribution >= 0.6 is 11.6 Å². The van der Waals surface area contributed by atoms with Crippen LogP contribution in [0.1, 0.15) is 0 Å². The van der Waals surface area contributed by atoms with Crippen LogP contribution in [0.3, 0.4) is 0 Å². The average Bonchev–Trinajstić information content (AvgIpc) is 3.18. The van der Waals surface area contributed by atoms with Gasteiger partial charge in [-0.2, -0.15) is 0 Å². The first kappa shape index (κ1) is 17.1. The number of H-pyrrole nitrogens is 1. The zero-order valence-corrected chi connectivity index (χ0v) is 16.1. The van der Waals surface area contributed by atoms with Crippen molar-refractivity contribution in [3.63, 3.8) is 0 Å². The number of imidazole rings is 1. The maximum absolute atomic E-state index is 6.05. The normalized spacial score (nSPS) is 14.6. The van der Waals surface area contributed by atoms with Gasteiger partial charge in [-0.1, -0.05) is 29.8 Å². The van der Waals surface area contributed by atoms with Gasteiger partial charge in [0.25, 0.3) is 0 Å². The summed E-state index contributed by atoms with van der Waals surface area (Å²) >= 11 is 6.05. The number of benzene rings is 2. The minimum Gasteiger partial charge on any atom is -0.368 e. The van der Waals surface area contributed by atoms with Gasteiger partial charge in [-0.15, -0.1) is 0 Å². The van der Waals surface area contributed by atoms with Gasteiger partial charge in [-0.25, -0.2) is 9.97 Å². The van der Waals surface area contributed by atoms with Crippen molar-refractivity contribution in [2.45, 2.75) is 0 Å². The first-order chi connectivity index (χ1) is 13.8. The number of aromatic amines is 1. The third-order valence-corrected chi connectivity index (χ3v) is 5.43. The maximum Gasteiger partial charge on any atom is 0.140 e. The molecule has 0 amide bonds. The van der Waals surface area contributed by atoms with Crippen molar-refractivity contribution in [2.24, 2.45) is 0 Å². The summed E-state index contributed by atoms with van der Waals surface area (Å²) in [6.45, 7) is 3.92. The van der Waals surface area contributed by atoms with E-state index in [0.717, 1.165) is 54.4 Å². The molecule has 4 aromatic rings. The molecule has 1 aliphatic rings. The molecule has 0 bridgehead atoms. The van der Waals surface area contributed by atoms with Crippen LogP contribution in [0.4, 0.5) is 11.5 Å². The summed E-state index contributed by atoms with van der Waals surface area (Å²) < 4.78 is 0. The lowest BCUT2D eigenvalue weighted by Crippen LogP contribution is -2.46. The lowest BCUT2D eigenvalue weighted by atomic mass is 10.2. The van der Waals surface area contributed by atoms with Crippen molar-refractivity contribution in [1.29, 1.82) is 0 Å². The van der Waals surface area contributed by atoms with E-state index in [0.29, 0.717) is 5.02 Å². The Labute approximate surface area is 168 Å². The molecule has 3 heterocycles. The number of nitrogens with zero attached hydrogens (tertiary/aromatic N) is 4. The molecular formula is C22H20ClN5. The van der Waals surface area contributed by atoms with Crippen LogP contribution in [0.2, 0.25) is 5.02 Å². The van der Waals surface area contributed by atoms with Gasteiger partial charge in [0.1, 0.15) is 11.6 Å². The summed E-state index contributed by atoms with van der Waals surface area (Å²) in [6.07, 6.45) is 1.89. The predicted octanol–water partition coefficient (Wildman–Crippen LogP) is 4.60. The van der Waals surface area contributed by atoms with E-state index in [-0.39, 0.29) is 0 Å². The van der Waals surface area contributed by atoms with E-state index >= 15 is 0 Å². The summed E-state index contributed by atoms with van der Waals surface area (Å²) in [6, 6.07) is 20.4. The number of aromatic nitrogens is 3. The second kappa shape index (κ2) is 7.17. The van der Waals surface area contributed by atoms with Crippen molar-refractivity contribution < 1.29 is 0 Å². The van der Waals surface area contributed by atoms with Crippen LogP contribution in [0.5, 0.6) is 0 Å². The topological polar surface area (TPSA) is 48.1 Å². The number of halogens is 1. The lowest BCUT2D eigenvalue weighted by molar-refractivity contribution is 0.647. The molecular weight excluding hydrogens is 370 g/mol. The number of anilines is 2. The lowest BCUT2D eigenvalue weighted by Gasteiger charge is -2.36. The molecule has 6 heteroatoms. The molecule has 5 rings (SSSR count). The number of hydrogen-bond donors (Lipinski definition) is 1. The van der Waals surface area contributed by atoms with Gasteiger partial charge >= 0.3 is 0 Å². The fraction of sp³-hybridized carbons (Fsp3) is 0.182. The summed E-state index contributed by atoms with van der Waals surface area (Å²) in [5.74, 6) is 1.82. The Morgan fingerprint density at radius 2 is 1.64 bits per heavy atom. The standard InChI is InChI=1S/C22H20ClN5/c23-17-7-8-19-20(14-17)26-22(25-19)16-6-9-21(24-15-16)28-12-10-27(11-13-28)18-4-2-1-3-5-18/h1-9,14-15H,10-13H2,(H,25,26). The Balaban J connectivity index is 1.30. The van der Waals surface area contributed by atoms with Crippen LogP contribution in [0.15, 0.2) is 66.9 Å². The molecule has 0 unspecified atom stereocenters. The van der Waals surface area contributed by atoms with Gasteiger partial charge in [0.15, 0.2) is 0 Å². The molecule has 5 nitrogen and oxygen atoms in total. The Morgan fingerprint density at radius 3 is 2.39 bits per heavy atom. The van der Waals surface area contributed by atoms with Crippen molar-refractivity contribution in [3.05, 3.63) is 71.9 Å². The number of para-hydroxylation sites is 1. The summed E-state index contributed by atoms with van der Waals surface area (Å²) in [7, 11) is 0. The molecule has 2 aromatic heterocycles. The average molecular weight is 390 g/mol. The molecule has 0 saturated carbocycles. The third kappa shape index (κ3) is 3.29. The third-order valence-electron chi connectivity index (χ3n) is 5.19. The van der Waals surface area contributed by atoms with Gasteiger partial charge in [0, 0.05) is 48.6 Å². The van der Waals surface area contributed by atoms with Gasteiger partial charge in [-0.3, -0.25) is 0 Å². The number of piperazine rings is 1. The fourth-order valence-electron chi connectivity index (χ4n) is 3.66. The second-order valence-corrected chi connectivity index (χ2v) is 7.40. The Kier molecular flexibility index (Phi) is 4.37. The summed E-state index contributed by atoms with van der Waals surface area (Å²) in [5, 5.41) is 0.689. The van der Waals surface area contributed by atoms with E-state index < -0.39 is 0 Å². The predicted molar refractivity (Wildman–Crippen MR) is 115 cm³/mol. The van der Waals surface area contributed by atoms with E-state index in [1.807, 2.05) is 24.4 Å². The van der Waals surface area contributed by atoms with E-state index in [4.69, 9.17) is 11.6 Å². The molecule has 0 spiro atoms. The highest BCUT2D eigenvalue weighted by atomic mass is 35.5. The zero-order chi connectivity index (χ0) is 18.9. The number of hydrogen-bond acceptors (Lipinski definition) is 4. The summed E-state index contributed by atoms with van der Waals surface area (Å²) in [4.78, 5) is 17.4. The van der Waals surface area contributed by atoms with Crippen molar-refractivity contribution >= 4 is 34.1 Å². The van der Waals surface area contributed by atoms with Gasteiger partial charge in [0.05, 0.1) is 11.0 Å². The van der Waals surface area contributed by atoms with E-state index in [1.54, 1.807) is 0 Å². The first-order valence-corrected chi connectivity index (χ1v) is 9.81. The highest BCUT2D eigenvalue weighted by Crippen LogP contribution is 2.24. The first-order valence-electron chi connectivity index (χ1n) is 9.43. The Morgan fingerprint density at radius 1 is 0.857 bits per heavy atom. The molecule has 28 heavy (non-hydrogen) atoms. The molecule has 1 fully saturated rings. The van der Waals surface area contributed by atoms with Crippen LogP contribution in [0, 0.1) is 0 Å². The highest BCUT2D eigenvalue weighted by molar-refractivity contribution is 6.31. The maximum atomic E-state index is 6.05. The molecule has 0 atom stereocenters. The van der Waals surface area contributed by atoms with Crippen LogP contribution in [0.25, 0.3) is 22.4 Å². The molecule has 1 aliphatic heterocycles. The molecule has 1 N–H and O–H groups in total. The molecule has 0 aliphatic carbocycles. The zero-order valence-electron chi connectivity index (χ0n) is 15.3. The van der Waals surface area contributed by atoms with E-state index in [1.165, 1.54) is 5.69 Å². The number of rotatable bonds is 3. The van der Waals surface area contributed by atoms with Crippen LogP contribution < -0.4 is 9.80 Å². The fourth-order valence-corrected chi connectivity index (χ4v) is 3.83. The smallest absolute Gasteiger partial charge is 0.140 e. The van der Waals surface area contributed by atoms with Crippen LogP contribution in [-0.4, -0.2) is 41.1 Å². The Hall–Kier alpha value is -3.05. The Bertz CT molecular complexity index is 1080. The molecule has 2 aromatic carbocycles. The van der Waals surface area contributed by atoms with Crippen molar-refractivity contribution in [2.75, 3.05) is 36.0 Å². The van der Waals surface area contributed by atoms with E-state index in [2.05, 4.69) is 67.2 Å². The van der Waals surface area contributed by atoms with Crippen LogP contribution in [-0.2, 0) is 0 Å². The second-order valence-electron chi connectivity index (χ2n) is 6.96. The largest absolute Gasteiger partial charge is 0.368 e. The summed E-state index contributed by atoms with van der Waals surface area (Å²) in [5.41, 5.74) is 4.10. The number of fused-ring (bicyclic) bond motifs is 1. The van der Waals surface area contributed by atoms with Gasteiger partial charge in [0.2, 0.25) is 0 Å². The van der Waals surface area contributed by atoms with Gasteiger partial charge in [-0.05, 0) is 42.5 Å².